The standard InChI is InChI=1S/C24H23N3O/c1-15-13-21-22(14-16(15)2)27-23(25-21)19-7-5-6-8-20(19)26-24(27,3)17-9-11-18(28-4)12-10-17/h5-14,26H,1-4H3. The van der Waals surface area contributed by atoms with Crippen LogP contribution in [0.3, 0.4) is 0 Å². The van der Waals surface area contributed by atoms with Crippen LogP contribution in [-0.2, 0) is 5.66 Å². The summed E-state index contributed by atoms with van der Waals surface area (Å²) in [6.45, 7) is 6.51. The van der Waals surface area contributed by atoms with Gasteiger partial charge in [0.05, 0.1) is 18.1 Å². The average Bonchev–Trinajstić information content (AvgIpc) is 3.08. The fraction of sp³-hybridized carbons (Fsp3) is 0.208. The van der Waals surface area contributed by atoms with E-state index in [0.29, 0.717) is 0 Å². The molecule has 5 rings (SSSR count). The molecule has 0 fully saturated rings. The summed E-state index contributed by atoms with van der Waals surface area (Å²) in [4.78, 5) is 5.05. The summed E-state index contributed by atoms with van der Waals surface area (Å²) >= 11 is 0. The van der Waals surface area contributed by atoms with Gasteiger partial charge in [0.15, 0.2) is 0 Å². The van der Waals surface area contributed by atoms with Gasteiger partial charge in [0.2, 0.25) is 0 Å². The summed E-state index contributed by atoms with van der Waals surface area (Å²) in [7, 11) is 1.69. The third kappa shape index (κ3) is 2.27. The Balaban J connectivity index is 1.85. The van der Waals surface area contributed by atoms with Crippen molar-refractivity contribution < 1.29 is 4.74 Å². The van der Waals surface area contributed by atoms with Gasteiger partial charge in [-0.25, -0.2) is 4.98 Å². The molecule has 4 heteroatoms. The molecule has 0 bridgehead atoms. The largest absolute Gasteiger partial charge is 0.497 e. The molecule has 1 N–H and O–H groups in total. The molecule has 1 unspecified atom stereocenters. The lowest BCUT2D eigenvalue weighted by Gasteiger charge is -2.40. The van der Waals surface area contributed by atoms with Gasteiger partial charge in [-0.15, -0.1) is 0 Å². The van der Waals surface area contributed by atoms with E-state index in [4.69, 9.17) is 9.72 Å². The third-order valence-electron chi connectivity index (χ3n) is 5.92. The number of fused-ring (bicyclic) bond motifs is 5. The van der Waals surface area contributed by atoms with Gasteiger partial charge in [-0.05, 0) is 73.9 Å². The molecule has 0 aliphatic carbocycles. The molecule has 1 atom stereocenters. The van der Waals surface area contributed by atoms with Crippen LogP contribution in [0.2, 0.25) is 0 Å². The number of aryl methyl sites for hydroxylation is 2. The van der Waals surface area contributed by atoms with Gasteiger partial charge in [-0.3, -0.25) is 4.57 Å². The number of hydrogen-bond acceptors (Lipinski definition) is 3. The third-order valence-corrected chi connectivity index (χ3v) is 5.92. The number of nitrogens with zero attached hydrogens (tertiary/aromatic N) is 2. The first-order valence-electron chi connectivity index (χ1n) is 9.53. The minimum atomic E-state index is -0.466. The number of benzene rings is 3. The van der Waals surface area contributed by atoms with E-state index in [2.05, 4.69) is 79.2 Å². The summed E-state index contributed by atoms with van der Waals surface area (Å²) in [5, 5.41) is 3.78. The van der Waals surface area contributed by atoms with Crippen molar-refractivity contribution in [3.8, 4) is 17.1 Å². The van der Waals surface area contributed by atoms with Gasteiger partial charge in [0.25, 0.3) is 0 Å². The number of imidazole rings is 1. The second kappa shape index (κ2) is 5.86. The van der Waals surface area contributed by atoms with Crippen LogP contribution in [0, 0.1) is 13.8 Å². The maximum absolute atomic E-state index is 5.36. The summed E-state index contributed by atoms with van der Waals surface area (Å²) in [6.07, 6.45) is 0. The molecule has 0 saturated carbocycles. The van der Waals surface area contributed by atoms with Crippen LogP contribution in [0.25, 0.3) is 22.4 Å². The Bertz CT molecular complexity index is 1210. The number of aromatic nitrogens is 2. The molecule has 28 heavy (non-hydrogen) atoms. The van der Waals surface area contributed by atoms with Gasteiger partial charge >= 0.3 is 0 Å². The van der Waals surface area contributed by atoms with Crippen LogP contribution < -0.4 is 10.1 Å². The van der Waals surface area contributed by atoms with Crippen molar-refractivity contribution in [1.29, 1.82) is 0 Å². The Morgan fingerprint density at radius 2 is 1.68 bits per heavy atom. The highest BCUT2D eigenvalue weighted by molar-refractivity contribution is 5.88. The minimum Gasteiger partial charge on any atom is -0.497 e. The maximum atomic E-state index is 5.36. The van der Waals surface area contributed by atoms with Gasteiger partial charge in [-0.1, -0.05) is 24.3 Å². The van der Waals surface area contributed by atoms with Crippen molar-refractivity contribution >= 4 is 16.7 Å². The zero-order valence-electron chi connectivity index (χ0n) is 16.6. The van der Waals surface area contributed by atoms with E-state index >= 15 is 0 Å². The highest BCUT2D eigenvalue weighted by Gasteiger charge is 2.38. The van der Waals surface area contributed by atoms with E-state index in [-0.39, 0.29) is 0 Å². The van der Waals surface area contributed by atoms with E-state index in [1.807, 2.05) is 12.1 Å². The average molecular weight is 369 g/mol. The first kappa shape index (κ1) is 16.9. The maximum Gasteiger partial charge on any atom is 0.145 e. The predicted octanol–water partition coefficient (Wildman–Crippen LogP) is 5.48. The monoisotopic (exact) mass is 369 g/mol. The van der Waals surface area contributed by atoms with Crippen LogP contribution in [-0.4, -0.2) is 16.7 Å². The molecule has 4 nitrogen and oxygen atoms in total. The van der Waals surface area contributed by atoms with Crippen molar-refractivity contribution in [2.24, 2.45) is 0 Å². The fourth-order valence-corrected chi connectivity index (χ4v) is 4.19. The Kier molecular flexibility index (Phi) is 3.53. The van der Waals surface area contributed by atoms with E-state index in [0.717, 1.165) is 39.4 Å². The van der Waals surface area contributed by atoms with Crippen LogP contribution >= 0.6 is 0 Å². The van der Waals surface area contributed by atoms with Crippen LogP contribution in [0.15, 0.2) is 60.7 Å². The normalized spacial score (nSPS) is 17.7. The number of nitrogens with one attached hydrogen (secondary N) is 1. The van der Waals surface area contributed by atoms with E-state index in [1.165, 1.54) is 11.1 Å². The number of anilines is 1. The second-order valence-electron chi connectivity index (χ2n) is 7.67. The summed E-state index contributed by atoms with van der Waals surface area (Å²) in [5.74, 6) is 1.85. The second-order valence-corrected chi connectivity index (χ2v) is 7.67. The van der Waals surface area contributed by atoms with Gasteiger partial charge in [-0.2, -0.15) is 0 Å². The Labute approximate surface area is 164 Å². The highest BCUT2D eigenvalue weighted by Crippen LogP contribution is 2.44. The number of rotatable bonds is 2. The van der Waals surface area contributed by atoms with Crippen molar-refractivity contribution in [3.05, 3.63) is 77.4 Å². The molecular formula is C24H23N3O. The topological polar surface area (TPSA) is 39.1 Å². The van der Waals surface area contributed by atoms with Crippen molar-refractivity contribution in [3.63, 3.8) is 0 Å². The zero-order chi connectivity index (χ0) is 19.5. The predicted molar refractivity (Wildman–Crippen MR) is 114 cm³/mol. The molecule has 140 valence electrons. The lowest BCUT2D eigenvalue weighted by Crippen LogP contribution is -2.42. The molecular weight excluding hydrogens is 346 g/mol. The van der Waals surface area contributed by atoms with Gasteiger partial charge in [0, 0.05) is 11.3 Å². The molecule has 0 spiro atoms. The summed E-state index contributed by atoms with van der Waals surface area (Å²) in [6, 6.07) is 21.1. The van der Waals surface area contributed by atoms with Crippen LogP contribution in [0.5, 0.6) is 5.75 Å². The molecule has 4 aromatic rings. The summed E-state index contributed by atoms with van der Waals surface area (Å²) < 4.78 is 7.69. The molecule has 2 heterocycles. The number of ether oxygens (including phenoxy) is 1. The fourth-order valence-electron chi connectivity index (χ4n) is 4.19. The molecule has 1 aromatic heterocycles. The SMILES string of the molecule is COc1ccc(C2(C)Nc3ccccc3-c3nc4cc(C)c(C)cc4n32)cc1. The molecule has 0 amide bonds. The first-order chi connectivity index (χ1) is 13.5. The molecule has 0 radical (unpaired) electrons. The zero-order valence-corrected chi connectivity index (χ0v) is 16.6. The van der Waals surface area contributed by atoms with Crippen molar-refractivity contribution in [2.75, 3.05) is 12.4 Å². The number of para-hydroxylation sites is 1. The number of methoxy groups -OCH3 is 1. The van der Waals surface area contributed by atoms with Gasteiger partial charge in [0.1, 0.15) is 17.2 Å². The van der Waals surface area contributed by atoms with Crippen molar-refractivity contribution in [2.45, 2.75) is 26.4 Å². The minimum absolute atomic E-state index is 0.466. The molecule has 1 aliphatic heterocycles. The Hall–Kier alpha value is -3.27. The Morgan fingerprint density at radius 1 is 0.964 bits per heavy atom. The van der Waals surface area contributed by atoms with E-state index < -0.39 is 5.66 Å². The Morgan fingerprint density at radius 3 is 2.43 bits per heavy atom. The van der Waals surface area contributed by atoms with Crippen LogP contribution in [0.4, 0.5) is 5.69 Å². The first-order valence-corrected chi connectivity index (χ1v) is 9.53. The number of hydrogen-bond donors (Lipinski definition) is 1. The lowest BCUT2D eigenvalue weighted by atomic mass is 9.95. The van der Waals surface area contributed by atoms with E-state index in [9.17, 15) is 0 Å². The highest BCUT2D eigenvalue weighted by atomic mass is 16.5. The van der Waals surface area contributed by atoms with Crippen LogP contribution in [0.1, 0.15) is 23.6 Å². The quantitative estimate of drug-likeness (QED) is 0.509. The van der Waals surface area contributed by atoms with Gasteiger partial charge < -0.3 is 10.1 Å². The lowest BCUT2D eigenvalue weighted by molar-refractivity contribution is 0.413. The van der Waals surface area contributed by atoms with E-state index in [1.54, 1.807) is 7.11 Å². The smallest absolute Gasteiger partial charge is 0.145 e. The summed E-state index contributed by atoms with van der Waals surface area (Å²) in [5.41, 5.74) is 7.60. The van der Waals surface area contributed by atoms with Crippen molar-refractivity contribution in [1.82, 2.24) is 9.55 Å². The molecule has 3 aromatic carbocycles. The molecule has 1 aliphatic rings. The molecule has 0 saturated heterocycles.